The highest BCUT2D eigenvalue weighted by molar-refractivity contribution is 6.30. The van der Waals surface area contributed by atoms with Crippen molar-refractivity contribution < 1.29 is 9.59 Å². The average molecular weight is 336 g/mol. The molecule has 3 atom stereocenters. The fraction of sp³-hybridized carbons (Fsp3) is 0.529. The van der Waals surface area contributed by atoms with Crippen molar-refractivity contribution in [3.63, 3.8) is 0 Å². The number of hydrogen-bond acceptors (Lipinski definition) is 3. The summed E-state index contributed by atoms with van der Waals surface area (Å²) in [6.07, 6.45) is 2.57. The minimum atomic E-state index is -0.347. The fourth-order valence-electron chi connectivity index (χ4n) is 3.48. The highest BCUT2D eigenvalue weighted by atomic mass is 35.5. The van der Waals surface area contributed by atoms with Gasteiger partial charge in [0.05, 0.1) is 0 Å². The van der Waals surface area contributed by atoms with Crippen molar-refractivity contribution in [2.45, 2.75) is 38.3 Å². The van der Waals surface area contributed by atoms with E-state index in [0.717, 1.165) is 24.9 Å². The molecule has 1 aromatic rings. The van der Waals surface area contributed by atoms with Gasteiger partial charge in [-0.25, -0.2) is 0 Å². The molecule has 3 unspecified atom stereocenters. The Bertz CT molecular complexity index is 607. The van der Waals surface area contributed by atoms with Crippen LogP contribution >= 0.6 is 11.6 Å². The summed E-state index contributed by atoms with van der Waals surface area (Å²) in [5.74, 6) is 0.170. The van der Waals surface area contributed by atoms with Crippen molar-refractivity contribution in [1.29, 1.82) is 0 Å². The molecule has 3 rings (SSSR count). The van der Waals surface area contributed by atoms with Gasteiger partial charge in [-0.2, -0.15) is 0 Å². The van der Waals surface area contributed by atoms with E-state index in [-0.39, 0.29) is 29.8 Å². The maximum atomic E-state index is 12.9. The number of carbonyl (C=O) groups excluding carboxylic acids is 2. The van der Waals surface area contributed by atoms with Crippen LogP contribution in [0.25, 0.3) is 0 Å². The monoisotopic (exact) mass is 335 g/mol. The van der Waals surface area contributed by atoms with Crippen LogP contribution in [0.4, 0.5) is 5.69 Å². The molecule has 2 saturated heterocycles. The molecule has 0 bridgehead atoms. The van der Waals surface area contributed by atoms with Crippen LogP contribution < -0.4 is 10.6 Å². The molecule has 23 heavy (non-hydrogen) atoms. The first-order valence-corrected chi connectivity index (χ1v) is 8.54. The second-order valence-corrected chi connectivity index (χ2v) is 6.82. The number of piperidine rings is 2. The van der Waals surface area contributed by atoms with E-state index in [9.17, 15) is 9.59 Å². The van der Waals surface area contributed by atoms with Crippen LogP contribution in [0.15, 0.2) is 24.3 Å². The van der Waals surface area contributed by atoms with Crippen molar-refractivity contribution in [2.75, 3.05) is 18.4 Å². The largest absolute Gasteiger partial charge is 0.374 e. The maximum absolute atomic E-state index is 12.9. The highest BCUT2D eigenvalue weighted by Gasteiger charge is 2.40. The molecule has 2 N–H and O–H groups in total. The molecule has 0 saturated carbocycles. The van der Waals surface area contributed by atoms with Crippen molar-refractivity contribution in [3.8, 4) is 0 Å². The zero-order chi connectivity index (χ0) is 16.4. The summed E-state index contributed by atoms with van der Waals surface area (Å²) in [6, 6.07) is 6.71. The van der Waals surface area contributed by atoms with Crippen molar-refractivity contribution in [1.82, 2.24) is 10.2 Å². The van der Waals surface area contributed by atoms with E-state index < -0.39 is 0 Å². The normalized spacial score (nSPS) is 28.4. The number of benzene rings is 1. The minimum Gasteiger partial charge on any atom is -0.374 e. The molecule has 2 heterocycles. The Labute approximate surface area is 141 Å². The molecule has 0 aromatic heterocycles. The zero-order valence-electron chi connectivity index (χ0n) is 13.2. The van der Waals surface area contributed by atoms with Crippen molar-refractivity contribution in [2.24, 2.45) is 5.92 Å². The number of hydrogen-bond donors (Lipinski definition) is 2. The third-order valence-electron chi connectivity index (χ3n) is 4.68. The van der Waals surface area contributed by atoms with E-state index in [1.54, 1.807) is 11.0 Å². The number of carbonyl (C=O) groups is 2. The van der Waals surface area contributed by atoms with Crippen molar-refractivity contribution >= 4 is 29.1 Å². The van der Waals surface area contributed by atoms with Gasteiger partial charge in [0, 0.05) is 23.8 Å². The smallest absolute Gasteiger partial charge is 0.245 e. The van der Waals surface area contributed by atoms with Crippen molar-refractivity contribution in [3.05, 3.63) is 29.3 Å². The molecule has 0 radical (unpaired) electrons. The third kappa shape index (κ3) is 3.44. The Morgan fingerprint density at radius 1 is 1.30 bits per heavy atom. The first kappa shape index (κ1) is 16.1. The summed E-state index contributed by atoms with van der Waals surface area (Å²) < 4.78 is 0. The van der Waals surface area contributed by atoms with Gasteiger partial charge in [-0.1, -0.05) is 24.6 Å². The third-order valence-corrected chi connectivity index (χ3v) is 4.92. The van der Waals surface area contributed by atoms with E-state index in [1.807, 2.05) is 25.1 Å². The predicted octanol–water partition coefficient (Wildman–Crippen LogP) is 2.27. The van der Waals surface area contributed by atoms with E-state index in [2.05, 4.69) is 10.6 Å². The van der Waals surface area contributed by atoms with E-state index in [0.29, 0.717) is 18.1 Å². The Balaban J connectivity index is 1.74. The number of nitrogens with zero attached hydrogens (tertiary/aromatic N) is 1. The number of nitrogens with one attached hydrogen (secondary N) is 2. The number of anilines is 1. The quantitative estimate of drug-likeness (QED) is 0.890. The summed E-state index contributed by atoms with van der Waals surface area (Å²) in [5, 5.41) is 6.78. The molecular weight excluding hydrogens is 314 g/mol. The second kappa shape index (κ2) is 6.79. The zero-order valence-corrected chi connectivity index (χ0v) is 14.0. The van der Waals surface area contributed by atoms with Crippen LogP contribution in [0, 0.1) is 5.92 Å². The molecule has 2 aliphatic heterocycles. The lowest BCUT2D eigenvalue weighted by molar-refractivity contribution is -0.146. The van der Waals surface area contributed by atoms with Crippen LogP contribution in [-0.4, -0.2) is 41.9 Å². The molecule has 1 aromatic carbocycles. The Hall–Kier alpha value is -1.75. The van der Waals surface area contributed by atoms with Gasteiger partial charge in [0.25, 0.3) is 0 Å². The Morgan fingerprint density at radius 2 is 2.13 bits per heavy atom. The van der Waals surface area contributed by atoms with Crippen LogP contribution in [0.3, 0.4) is 0 Å². The molecule has 124 valence electrons. The molecule has 0 spiro atoms. The van der Waals surface area contributed by atoms with Gasteiger partial charge in [-0.05, 0) is 43.4 Å². The summed E-state index contributed by atoms with van der Waals surface area (Å²) in [6.45, 7) is 3.39. The molecule has 0 aliphatic carbocycles. The average Bonchev–Trinajstić information content (AvgIpc) is 2.51. The Morgan fingerprint density at radius 3 is 2.87 bits per heavy atom. The van der Waals surface area contributed by atoms with Gasteiger partial charge >= 0.3 is 0 Å². The van der Waals surface area contributed by atoms with Crippen LogP contribution in [-0.2, 0) is 9.59 Å². The van der Waals surface area contributed by atoms with Gasteiger partial charge in [-0.15, -0.1) is 0 Å². The van der Waals surface area contributed by atoms with Gasteiger partial charge in [0.2, 0.25) is 11.8 Å². The van der Waals surface area contributed by atoms with Crippen LogP contribution in [0.2, 0.25) is 5.02 Å². The Kier molecular flexibility index (Phi) is 4.76. The second-order valence-electron chi connectivity index (χ2n) is 6.38. The molecule has 6 heteroatoms. The van der Waals surface area contributed by atoms with Crippen LogP contribution in [0.1, 0.15) is 26.2 Å². The van der Waals surface area contributed by atoms with Crippen LogP contribution in [0.5, 0.6) is 0 Å². The molecular formula is C17H22ClN3O2. The SMILES string of the molecule is CC1CCNC(=O)C1N1CCCC(Nc2cccc(Cl)c2)C1=O. The number of amides is 2. The van der Waals surface area contributed by atoms with E-state index >= 15 is 0 Å². The fourth-order valence-corrected chi connectivity index (χ4v) is 3.67. The number of rotatable bonds is 3. The summed E-state index contributed by atoms with van der Waals surface area (Å²) in [5.41, 5.74) is 0.832. The lowest BCUT2D eigenvalue weighted by Gasteiger charge is -2.42. The first-order valence-electron chi connectivity index (χ1n) is 8.16. The molecule has 5 nitrogen and oxygen atoms in total. The summed E-state index contributed by atoms with van der Waals surface area (Å²) in [7, 11) is 0. The number of likely N-dealkylation sites (tertiary alicyclic amines) is 1. The highest BCUT2D eigenvalue weighted by Crippen LogP contribution is 2.25. The molecule has 2 amide bonds. The summed E-state index contributed by atoms with van der Waals surface area (Å²) in [4.78, 5) is 26.8. The standard InChI is InChI=1S/C17H22ClN3O2/c1-11-7-8-19-16(22)15(11)21-9-3-6-14(17(21)23)20-13-5-2-4-12(18)10-13/h2,4-5,10-11,14-15,20H,3,6-9H2,1H3,(H,19,22). The lowest BCUT2D eigenvalue weighted by atomic mass is 9.90. The van der Waals surface area contributed by atoms with E-state index in [1.165, 1.54) is 0 Å². The molecule has 2 aliphatic rings. The predicted molar refractivity (Wildman–Crippen MR) is 90.4 cm³/mol. The topological polar surface area (TPSA) is 61.4 Å². The van der Waals surface area contributed by atoms with E-state index in [4.69, 9.17) is 11.6 Å². The maximum Gasteiger partial charge on any atom is 0.245 e. The summed E-state index contributed by atoms with van der Waals surface area (Å²) >= 11 is 6.00. The lowest BCUT2D eigenvalue weighted by Crippen LogP contribution is -2.60. The minimum absolute atomic E-state index is 0.00475. The first-order chi connectivity index (χ1) is 11.1. The molecule has 2 fully saturated rings. The van der Waals surface area contributed by atoms with Gasteiger partial charge in [0.1, 0.15) is 12.1 Å². The van der Waals surface area contributed by atoms with Gasteiger partial charge in [-0.3, -0.25) is 9.59 Å². The van der Waals surface area contributed by atoms with Gasteiger partial charge in [0.15, 0.2) is 0 Å². The number of halogens is 1. The van der Waals surface area contributed by atoms with Gasteiger partial charge < -0.3 is 15.5 Å².